The lowest BCUT2D eigenvalue weighted by Gasteiger charge is -2.28. The average Bonchev–Trinajstić information content (AvgIpc) is 3.39. The van der Waals surface area contributed by atoms with E-state index in [2.05, 4.69) is 6.92 Å². The Morgan fingerprint density at radius 1 is 1.28 bits per heavy atom. The molecule has 1 fully saturated rings. The zero-order valence-corrected chi connectivity index (χ0v) is 15.1. The van der Waals surface area contributed by atoms with Gasteiger partial charge in [-0.15, -0.1) is 0 Å². The third kappa shape index (κ3) is 4.53. The van der Waals surface area contributed by atoms with Crippen LogP contribution in [0.4, 0.5) is 0 Å². The van der Waals surface area contributed by atoms with Crippen LogP contribution < -0.4 is 4.74 Å². The predicted molar refractivity (Wildman–Crippen MR) is 98.2 cm³/mol. The molecule has 1 unspecified atom stereocenters. The molecule has 0 N–H and O–H groups in total. The molecule has 0 saturated heterocycles. The van der Waals surface area contributed by atoms with E-state index in [1.54, 1.807) is 19.3 Å². The number of amides is 1. The molecule has 4 nitrogen and oxygen atoms in total. The molecule has 3 rings (SSSR count). The molecule has 1 aliphatic rings. The second-order valence-corrected chi connectivity index (χ2v) is 6.67. The van der Waals surface area contributed by atoms with Gasteiger partial charge in [0, 0.05) is 18.7 Å². The van der Waals surface area contributed by atoms with Crippen molar-refractivity contribution in [3.8, 4) is 5.75 Å². The first-order valence-corrected chi connectivity index (χ1v) is 8.75. The quantitative estimate of drug-likeness (QED) is 0.701. The molecule has 132 valence electrons. The number of hydrogen-bond acceptors (Lipinski definition) is 3. The van der Waals surface area contributed by atoms with Gasteiger partial charge in [0.1, 0.15) is 17.3 Å². The Bertz CT molecular complexity index is 741. The molecule has 1 aromatic heterocycles. The molecule has 1 atom stereocenters. The fourth-order valence-corrected chi connectivity index (χ4v) is 2.98. The van der Waals surface area contributed by atoms with Crippen molar-refractivity contribution in [2.45, 2.75) is 39.3 Å². The summed E-state index contributed by atoms with van der Waals surface area (Å²) in [6.45, 7) is 4.64. The summed E-state index contributed by atoms with van der Waals surface area (Å²) in [6.07, 6.45) is 5.76. The van der Waals surface area contributed by atoms with E-state index < -0.39 is 0 Å². The summed E-state index contributed by atoms with van der Waals surface area (Å²) in [5, 5.41) is 0. The van der Waals surface area contributed by atoms with Crippen molar-refractivity contribution in [3.05, 3.63) is 59.6 Å². The van der Waals surface area contributed by atoms with E-state index in [9.17, 15) is 4.79 Å². The molecule has 0 bridgehead atoms. The van der Waals surface area contributed by atoms with Crippen molar-refractivity contribution in [3.63, 3.8) is 0 Å². The first-order chi connectivity index (χ1) is 12.1. The molecule has 25 heavy (non-hydrogen) atoms. The van der Waals surface area contributed by atoms with Crippen LogP contribution in [0.3, 0.4) is 0 Å². The standard InChI is InChI=1S/C21H25NO3/c1-15-4-9-20(25-15)12-13-21(23)22(16(2)18-7-8-18)14-17-5-10-19(24-3)11-6-17/h4-6,9-13,16,18H,7-8,14H2,1-3H3/b13-12+. The number of nitrogens with zero attached hydrogens (tertiary/aromatic N) is 1. The number of hydrogen-bond donors (Lipinski definition) is 0. The number of aryl methyl sites for hydroxylation is 1. The van der Waals surface area contributed by atoms with Crippen LogP contribution in [-0.2, 0) is 11.3 Å². The minimum absolute atomic E-state index is 0.0178. The number of benzene rings is 1. The molecule has 1 saturated carbocycles. The minimum Gasteiger partial charge on any atom is -0.497 e. The van der Waals surface area contributed by atoms with Crippen molar-refractivity contribution in [2.75, 3.05) is 7.11 Å². The molecular weight excluding hydrogens is 314 g/mol. The number of carbonyl (C=O) groups excluding carboxylic acids is 1. The molecular formula is C21H25NO3. The van der Waals surface area contributed by atoms with Crippen LogP contribution in [0.25, 0.3) is 6.08 Å². The number of methoxy groups -OCH3 is 1. The topological polar surface area (TPSA) is 42.7 Å². The lowest BCUT2D eigenvalue weighted by molar-refractivity contribution is -0.129. The van der Waals surface area contributed by atoms with Crippen LogP contribution in [0.1, 0.15) is 36.8 Å². The Labute approximate surface area is 149 Å². The lowest BCUT2D eigenvalue weighted by Crippen LogP contribution is -2.38. The van der Waals surface area contributed by atoms with Crippen LogP contribution in [0.15, 0.2) is 46.9 Å². The maximum atomic E-state index is 12.8. The monoisotopic (exact) mass is 339 g/mol. The van der Waals surface area contributed by atoms with Gasteiger partial charge in [-0.3, -0.25) is 4.79 Å². The van der Waals surface area contributed by atoms with Crippen molar-refractivity contribution >= 4 is 12.0 Å². The third-order valence-electron chi connectivity index (χ3n) is 4.74. The molecule has 4 heteroatoms. The summed E-state index contributed by atoms with van der Waals surface area (Å²) in [4.78, 5) is 14.7. The van der Waals surface area contributed by atoms with Gasteiger partial charge >= 0.3 is 0 Å². The van der Waals surface area contributed by atoms with Gasteiger partial charge in [-0.25, -0.2) is 0 Å². The predicted octanol–water partition coefficient (Wildman–Crippen LogP) is 4.44. The van der Waals surface area contributed by atoms with Gasteiger partial charge < -0.3 is 14.1 Å². The van der Waals surface area contributed by atoms with Crippen LogP contribution in [0.2, 0.25) is 0 Å². The fraction of sp³-hybridized carbons (Fsp3) is 0.381. The Morgan fingerprint density at radius 3 is 2.56 bits per heavy atom. The second-order valence-electron chi connectivity index (χ2n) is 6.67. The number of rotatable bonds is 7. The highest BCUT2D eigenvalue weighted by atomic mass is 16.5. The van der Waals surface area contributed by atoms with Crippen LogP contribution in [0.5, 0.6) is 5.75 Å². The summed E-state index contributed by atoms with van der Waals surface area (Å²) in [6, 6.07) is 11.9. The largest absolute Gasteiger partial charge is 0.497 e. The zero-order valence-electron chi connectivity index (χ0n) is 15.1. The molecule has 0 radical (unpaired) electrons. The van der Waals surface area contributed by atoms with E-state index in [0.29, 0.717) is 18.2 Å². The van der Waals surface area contributed by atoms with E-state index in [-0.39, 0.29) is 11.9 Å². The van der Waals surface area contributed by atoms with Gasteiger partial charge in [-0.05, 0) is 68.5 Å². The zero-order chi connectivity index (χ0) is 17.8. The Morgan fingerprint density at radius 2 is 2.00 bits per heavy atom. The second kappa shape index (κ2) is 7.60. The Hall–Kier alpha value is -2.49. The van der Waals surface area contributed by atoms with Crippen molar-refractivity contribution < 1.29 is 13.9 Å². The highest BCUT2D eigenvalue weighted by Gasteiger charge is 2.33. The van der Waals surface area contributed by atoms with Gasteiger partial charge in [-0.1, -0.05) is 12.1 Å². The van der Waals surface area contributed by atoms with E-state index >= 15 is 0 Å². The maximum Gasteiger partial charge on any atom is 0.247 e. The van der Waals surface area contributed by atoms with Crippen molar-refractivity contribution in [1.29, 1.82) is 0 Å². The van der Waals surface area contributed by atoms with Gasteiger partial charge in [-0.2, -0.15) is 0 Å². The smallest absolute Gasteiger partial charge is 0.247 e. The molecule has 1 aromatic carbocycles. The summed E-state index contributed by atoms with van der Waals surface area (Å²) in [5.74, 6) is 3.00. The lowest BCUT2D eigenvalue weighted by atomic mass is 10.1. The number of furan rings is 1. The first kappa shape index (κ1) is 17.3. The fourth-order valence-electron chi connectivity index (χ4n) is 2.98. The summed E-state index contributed by atoms with van der Waals surface area (Å²) in [5.41, 5.74) is 1.10. The van der Waals surface area contributed by atoms with Crippen LogP contribution >= 0.6 is 0 Å². The Balaban J connectivity index is 1.73. The van der Waals surface area contributed by atoms with Gasteiger partial charge in [0.25, 0.3) is 0 Å². The first-order valence-electron chi connectivity index (χ1n) is 8.75. The van der Waals surface area contributed by atoms with E-state index in [0.717, 1.165) is 17.1 Å². The third-order valence-corrected chi connectivity index (χ3v) is 4.74. The molecule has 2 aromatic rings. The number of ether oxygens (including phenoxy) is 1. The maximum absolute atomic E-state index is 12.8. The molecule has 0 aliphatic heterocycles. The van der Waals surface area contributed by atoms with Crippen molar-refractivity contribution in [1.82, 2.24) is 4.90 Å². The average molecular weight is 339 g/mol. The Kier molecular flexibility index (Phi) is 5.27. The normalized spacial score (nSPS) is 15.3. The number of carbonyl (C=O) groups is 1. The van der Waals surface area contributed by atoms with Gasteiger partial charge in [0.2, 0.25) is 5.91 Å². The van der Waals surface area contributed by atoms with E-state index in [1.807, 2.05) is 48.2 Å². The molecule has 1 aliphatic carbocycles. The summed E-state index contributed by atoms with van der Waals surface area (Å²) >= 11 is 0. The van der Waals surface area contributed by atoms with Gasteiger partial charge in [0.05, 0.1) is 7.11 Å². The van der Waals surface area contributed by atoms with Crippen LogP contribution in [-0.4, -0.2) is 24.0 Å². The highest BCUT2D eigenvalue weighted by Crippen LogP contribution is 2.36. The summed E-state index contributed by atoms with van der Waals surface area (Å²) in [7, 11) is 1.65. The highest BCUT2D eigenvalue weighted by molar-refractivity contribution is 5.91. The van der Waals surface area contributed by atoms with Crippen molar-refractivity contribution in [2.24, 2.45) is 5.92 Å². The minimum atomic E-state index is 0.0178. The molecule has 1 heterocycles. The molecule has 0 spiro atoms. The van der Waals surface area contributed by atoms with E-state index in [4.69, 9.17) is 9.15 Å². The SMILES string of the molecule is COc1ccc(CN(C(=O)/C=C/c2ccc(C)o2)C(C)C2CC2)cc1. The summed E-state index contributed by atoms with van der Waals surface area (Å²) < 4.78 is 10.7. The van der Waals surface area contributed by atoms with E-state index in [1.165, 1.54) is 12.8 Å². The van der Waals surface area contributed by atoms with Gasteiger partial charge in [0.15, 0.2) is 0 Å². The van der Waals surface area contributed by atoms with Crippen LogP contribution in [0, 0.1) is 12.8 Å². The molecule has 1 amide bonds.